The molecule has 1 N–H and O–H groups in total. The minimum absolute atomic E-state index is 0.0961. The van der Waals surface area contributed by atoms with Crippen LogP contribution in [0.15, 0.2) is 24.3 Å². The van der Waals surface area contributed by atoms with E-state index in [2.05, 4.69) is 5.32 Å². The smallest absolute Gasteiger partial charge is 0.239 e. The maximum Gasteiger partial charge on any atom is 0.239 e. The van der Waals surface area contributed by atoms with E-state index in [9.17, 15) is 13.2 Å². The molecule has 102 valence electrons. The number of benzene rings is 1. The van der Waals surface area contributed by atoms with Gasteiger partial charge in [-0.1, -0.05) is 25.1 Å². The van der Waals surface area contributed by atoms with E-state index in [1.807, 2.05) is 19.1 Å². The number of sulfone groups is 1. The Hall–Kier alpha value is -1.87. The number of carbonyl (C=O) groups is 1. The molecule has 0 aliphatic rings. The van der Waals surface area contributed by atoms with E-state index in [-0.39, 0.29) is 12.2 Å². The molecule has 0 aliphatic carbocycles. The van der Waals surface area contributed by atoms with Crippen molar-refractivity contribution in [3.63, 3.8) is 0 Å². The third-order valence-electron chi connectivity index (χ3n) is 2.55. The Morgan fingerprint density at radius 1 is 1.37 bits per heavy atom. The molecule has 0 saturated heterocycles. The third kappa shape index (κ3) is 5.10. The number of anilines is 1. The summed E-state index contributed by atoms with van der Waals surface area (Å²) in [5.41, 5.74) is 1.58. The number of nitriles is 1. The van der Waals surface area contributed by atoms with Gasteiger partial charge in [-0.25, -0.2) is 8.42 Å². The van der Waals surface area contributed by atoms with Crippen molar-refractivity contribution in [2.24, 2.45) is 0 Å². The maximum atomic E-state index is 11.7. The number of hydrogen-bond donors (Lipinski definition) is 1. The summed E-state index contributed by atoms with van der Waals surface area (Å²) in [6.07, 6.45) is 0.652. The van der Waals surface area contributed by atoms with Crippen LogP contribution in [0.5, 0.6) is 0 Å². The molecule has 0 aromatic heterocycles. The van der Waals surface area contributed by atoms with Gasteiger partial charge in [0.25, 0.3) is 0 Å². The molecule has 5 nitrogen and oxygen atoms in total. The van der Waals surface area contributed by atoms with Crippen LogP contribution < -0.4 is 5.32 Å². The Labute approximate surface area is 113 Å². The minimum Gasteiger partial charge on any atom is -0.325 e. The van der Waals surface area contributed by atoms with Crippen molar-refractivity contribution < 1.29 is 13.2 Å². The topological polar surface area (TPSA) is 87.0 Å². The average molecular weight is 280 g/mol. The molecule has 1 aromatic carbocycles. The number of nitrogens with one attached hydrogen (secondary N) is 1. The lowest BCUT2D eigenvalue weighted by molar-refractivity contribution is -0.113. The zero-order valence-electron chi connectivity index (χ0n) is 10.7. The standard InChI is InChI=1S/C13H16N2O3S/c1-2-11-6-3-4-7-12(11)15-13(16)10-19(17,18)9-5-8-14/h3-4,6-7H,2,5,9-10H2,1H3,(H,15,16). The van der Waals surface area contributed by atoms with Gasteiger partial charge in [-0.2, -0.15) is 5.26 Å². The van der Waals surface area contributed by atoms with Crippen molar-refractivity contribution in [3.8, 4) is 6.07 Å². The summed E-state index contributed by atoms with van der Waals surface area (Å²) in [6.45, 7) is 1.95. The third-order valence-corrected chi connectivity index (χ3v) is 4.08. The fourth-order valence-electron chi connectivity index (χ4n) is 1.61. The zero-order valence-corrected chi connectivity index (χ0v) is 11.5. The van der Waals surface area contributed by atoms with Gasteiger partial charge < -0.3 is 5.32 Å². The van der Waals surface area contributed by atoms with E-state index in [0.29, 0.717) is 5.69 Å². The normalized spacial score (nSPS) is 10.7. The van der Waals surface area contributed by atoms with E-state index in [4.69, 9.17) is 5.26 Å². The highest BCUT2D eigenvalue weighted by molar-refractivity contribution is 7.92. The maximum absolute atomic E-state index is 11.7. The molecule has 1 amide bonds. The highest BCUT2D eigenvalue weighted by atomic mass is 32.2. The molecule has 19 heavy (non-hydrogen) atoms. The molecule has 0 atom stereocenters. The first-order valence-corrected chi connectivity index (χ1v) is 7.75. The molecular formula is C13H16N2O3S. The molecule has 0 unspecified atom stereocenters. The number of rotatable bonds is 6. The lowest BCUT2D eigenvalue weighted by Gasteiger charge is -2.09. The Kier molecular flexibility index (Phi) is 5.52. The summed E-state index contributed by atoms with van der Waals surface area (Å²) in [7, 11) is -3.52. The summed E-state index contributed by atoms with van der Waals surface area (Å²) in [6, 6.07) is 9.00. The predicted octanol–water partition coefficient (Wildman–Crippen LogP) is 1.52. The predicted molar refractivity (Wildman–Crippen MR) is 73.3 cm³/mol. The summed E-state index contributed by atoms with van der Waals surface area (Å²) in [5.74, 6) is -1.45. The Morgan fingerprint density at radius 3 is 2.68 bits per heavy atom. The van der Waals surface area contributed by atoms with E-state index < -0.39 is 21.5 Å². The molecular weight excluding hydrogens is 264 g/mol. The number of hydrogen-bond acceptors (Lipinski definition) is 4. The molecule has 1 rings (SSSR count). The van der Waals surface area contributed by atoms with E-state index >= 15 is 0 Å². The lowest BCUT2D eigenvalue weighted by atomic mass is 10.1. The minimum atomic E-state index is -3.52. The first-order valence-electron chi connectivity index (χ1n) is 5.93. The molecule has 0 heterocycles. The van der Waals surface area contributed by atoms with Crippen LogP contribution in [0.4, 0.5) is 5.69 Å². The van der Waals surface area contributed by atoms with Gasteiger partial charge in [-0.15, -0.1) is 0 Å². The van der Waals surface area contributed by atoms with Crippen LogP contribution in [0.1, 0.15) is 18.9 Å². The first kappa shape index (κ1) is 15.2. The van der Waals surface area contributed by atoms with Gasteiger partial charge in [0.2, 0.25) is 5.91 Å². The van der Waals surface area contributed by atoms with Crippen LogP contribution in [-0.4, -0.2) is 25.8 Å². The Morgan fingerprint density at radius 2 is 2.05 bits per heavy atom. The summed E-state index contributed by atoms with van der Waals surface area (Å²) in [4.78, 5) is 11.7. The summed E-state index contributed by atoms with van der Waals surface area (Å²) in [5, 5.41) is 10.9. The summed E-state index contributed by atoms with van der Waals surface area (Å²) >= 11 is 0. The molecule has 0 fully saturated rings. The highest BCUT2D eigenvalue weighted by Gasteiger charge is 2.17. The zero-order chi connectivity index (χ0) is 14.3. The fraction of sp³-hybridized carbons (Fsp3) is 0.385. The fourth-order valence-corrected chi connectivity index (χ4v) is 2.63. The molecule has 1 aromatic rings. The molecule has 0 bridgehead atoms. The van der Waals surface area contributed by atoms with Gasteiger partial charge in [0.1, 0.15) is 5.75 Å². The quantitative estimate of drug-likeness (QED) is 0.855. The Bertz CT molecular complexity index is 588. The molecule has 0 saturated carbocycles. The van der Waals surface area contributed by atoms with Crippen molar-refractivity contribution in [1.29, 1.82) is 5.26 Å². The second kappa shape index (κ2) is 6.90. The van der Waals surface area contributed by atoms with Gasteiger partial charge >= 0.3 is 0 Å². The second-order valence-electron chi connectivity index (χ2n) is 4.06. The van der Waals surface area contributed by atoms with Gasteiger partial charge in [0.15, 0.2) is 9.84 Å². The van der Waals surface area contributed by atoms with Crippen LogP contribution in [0, 0.1) is 11.3 Å². The molecule has 0 spiro atoms. The Balaban J connectivity index is 2.68. The van der Waals surface area contributed by atoms with Gasteiger partial charge in [-0.3, -0.25) is 4.79 Å². The van der Waals surface area contributed by atoms with Crippen molar-refractivity contribution in [3.05, 3.63) is 29.8 Å². The van der Waals surface area contributed by atoms with Crippen molar-refractivity contribution in [2.45, 2.75) is 19.8 Å². The number of aryl methyl sites for hydroxylation is 1. The average Bonchev–Trinajstić information content (AvgIpc) is 2.36. The van der Waals surface area contributed by atoms with Crippen LogP contribution in [0.25, 0.3) is 0 Å². The van der Waals surface area contributed by atoms with E-state index in [1.165, 1.54) is 0 Å². The molecule has 0 aliphatic heterocycles. The van der Waals surface area contributed by atoms with Gasteiger partial charge in [0, 0.05) is 12.1 Å². The number of para-hydroxylation sites is 1. The van der Waals surface area contributed by atoms with E-state index in [1.54, 1.807) is 18.2 Å². The van der Waals surface area contributed by atoms with Crippen LogP contribution in [-0.2, 0) is 21.1 Å². The first-order chi connectivity index (χ1) is 8.98. The van der Waals surface area contributed by atoms with Gasteiger partial charge in [-0.05, 0) is 18.1 Å². The van der Waals surface area contributed by atoms with Crippen LogP contribution in [0.3, 0.4) is 0 Å². The monoisotopic (exact) mass is 280 g/mol. The van der Waals surface area contributed by atoms with Crippen molar-refractivity contribution in [2.75, 3.05) is 16.8 Å². The second-order valence-corrected chi connectivity index (χ2v) is 6.24. The number of nitrogens with zero attached hydrogens (tertiary/aromatic N) is 1. The largest absolute Gasteiger partial charge is 0.325 e. The molecule has 0 radical (unpaired) electrons. The van der Waals surface area contributed by atoms with E-state index in [0.717, 1.165) is 12.0 Å². The lowest BCUT2D eigenvalue weighted by Crippen LogP contribution is -2.25. The summed E-state index contributed by atoms with van der Waals surface area (Å²) < 4.78 is 23.1. The molecule has 6 heteroatoms. The van der Waals surface area contributed by atoms with Crippen molar-refractivity contribution >= 4 is 21.4 Å². The van der Waals surface area contributed by atoms with Crippen molar-refractivity contribution in [1.82, 2.24) is 0 Å². The SMILES string of the molecule is CCc1ccccc1NC(=O)CS(=O)(=O)CCC#N. The van der Waals surface area contributed by atoms with Crippen LogP contribution in [0.2, 0.25) is 0 Å². The van der Waals surface area contributed by atoms with Crippen LogP contribution >= 0.6 is 0 Å². The number of amides is 1. The number of carbonyl (C=O) groups excluding carboxylic acids is 1. The van der Waals surface area contributed by atoms with Gasteiger partial charge in [0.05, 0.1) is 11.8 Å². The highest BCUT2D eigenvalue weighted by Crippen LogP contribution is 2.15.